The maximum Gasteiger partial charge on any atom is 0.123 e. The van der Waals surface area contributed by atoms with E-state index in [1.807, 2.05) is 17.8 Å². The van der Waals surface area contributed by atoms with Gasteiger partial charge in [-0.05, 0) is 53.0 Å². The molecule has 1 aromatic rings. The van der Waals surface area contributed by atoms with E-state index in [2.05, 4.69) is 12.2 Å². The lowest BCUT2D eigenvalue weighted by atomic mass is 9.97. The molecule has 0 amide bonds. The zero-order valence-electron chi connectivity index (χ0n) is 9.00. The molecule has 0 saturated heterocycles. The highest BCUT2D eigenvalue weighted by atomic mass is 32.2. The summed E-state index contributed by atoms with van der Waals surface area (Å²) in [6.07, 6.45) is 7.64. The molecule has 0 nitrogen and oxygen atoms in total. The van der Waals surface area contributed by atoms with Crippen molar-refractivity contribution in [2.75, 3.05) is 0 Å². The van der Waals surface area contributed by atoms with Crippen molar-refractivity contribution in [2.24, 2.45) is 0 Å². The minimum Gasteiger partial charge on any atom is -0.207 e. The van der Waals surface area contributed by atoms with Crippen molar-refractivity contribution in [3.8, 4) is 0 Å². The fourth-order valence-corrected chi connectivity index (χ4v) is 3.48. The predicted octanol–water partition coefficient (Wildman–Crippen LogP) is 4.22. The monoisotopic (exact) mass is 232 g/mol. The van der Waals surface area contributed by atoms with Gasteiger partial charge in [0, 0.05) is 5.75 Å². The van der Waals surface area contributed by atoms with Crippen molar-refractivity contribution in [1.29, 1.82) is 0 Å². The van der Waals surface area contributed by atoms with Crippen molar-refractivity contribution in [3.05, 3.63) is 57.8 Å². The molecule has 3 rings (SSSR count). The van der Waals surface area contributed by atoms with E-state index in [-0.39, 0.29) is 5.82 Å². The van der Waals surface area contributed by atoms with E-state index in [1.165, 1.54) is 16.0 Å². The van der Waals surface area contributed by atoms with Gasteiger partial charge in [0.1, 0.15) is 5.82 Å². The van der Waals surface area contributed by atoms with Crippen LogP contribution >= 0.6 is 11.8 Å². The molecule has 0 N–H and O–H groups in total. The third kappa shape index (κ3) is 1.82. The second-order valence-corrected chi connectivity index (χ2v) is 5.34. The molecule has 82 valence electrons. The Morgan fingerprint density at radius 3 is 3.06 bits per heavy atom. The number of rotatable bonds is 0. The minimum atomic E-state index is -0.118. The Hall–Kier alpha value is -1.02. The Labute approximate surface area is 99.2 Å². The van der Waals surface area contributed by atoms with E-state index in [1.54, 1.807) is 12.1 Å². The van der Waals surface area contributed by atoms with Gasteiger partial charge < -0.3 is 0 Å². The van der Waals surface area contributed by atoms with E-state index in [9.17, 15) is 4.39 Å². The third-order valence-electron chi connectivity index (χ3n) is 3.17. The van der Waals surface area contributed by atoms with Gasteiger partial charge in [0.15, 0.2) is 0 Å². The molecule has 1 aliphatic carbocycles. The normalized spacial score (nSPS) is 19.1. The van der Waals surface area contributed by atoms with E-state index >= 15 is 0 Å². The third-order valence-corrected chi connectivity index (χ3v) is 4.44. The van der Waals surface area contributed by atoms with Gasteiger partial charge in [-0.25, -0.2) is 4.39 Å². The Morgan fingerprint density at radius 2 is 2.12 bits per heavy atom. The molecule has 0 fully saturated rings. The Morgan fingerprint density at radius 1 is 1.19 bits per heavy atom. The quantitative estimate of drug-likeness (QED) is 0.645. The van der Waals surface area contributed by atoms with Crippen LogP contribution in [0.1, 0.15) is 24.0 Å². The average molecular weight is 232 g/mol. The summed E-state index contributed by atoms with van der Waals surface area (Å²) < 4.78 is 13.2. The van der Waals surface area contributed by atoms with Gasteiger partial charge >= 0.3 is 0 Å². The average Bonchev–Trinajstić information content (AvgIpc) is 2.47. The minimum absolute atomic E-state index is 0.118. The fraction of sp³-hybridized carbons (Fsp3) is 0.286. The summed E-state index contributed by atoms with van der Waals surface area (Å²) in [7, 11) is 0. The Kier molecular flexibility index (Phi) is 2.60. The van der Waals surface area contributed by atoms with E-state index in [4.69, 9.17) is 0 Å². The van der Waals surface area contributed by atoms with Crippen molar-refractivity contribution in [2.45, 2.75) is 25.0 Å². The van der Waals surface area contributed by atoms with Crippen molar-refractivity contribution >= 4 is 11.8 Å². The van der Waals surface area contributed by atoms with Gasteiger partial charge in [0.05, 0.1) is 0 Å². The number of hydrogen-bond acceptors (Lipinski definition) is 1. The molecular formula is C14H13FS. The zero-order chi connectivity index (χ0) is 11.0. The van der Waals surface area contributed by atoms with Gasteiger partial charge in [-0.2, -0.15) is 0 Å². The van der Waals surface area contributed by atoms with Crippen LogP contribution in [0, 0.1) is 5.82 Å². The lowest BCUT2D eigenvalue weighted by Gasteiger charge is -2.12. The number of hydrogen-bond donors (Lipinski definition) is 0. The first-order valence-electron chi connectivity index (χ1n) is 5.61. The SMILES string of the molecule is Fc1ccc2c(c1)CC1=C(CCC=C1)SC2. The van der Waals surface area contributed by atoms with Crippen molar-refractivity contribution in [3.63, 3.8) is 0 Å². The maximum absolute atomic E-state index is 13.2. The molecule has 0 atom stereocenters. The van der Waals surface area contributed by atoms with Crippen LogP contribution in [0.2, 0.25) is 0 Å². The number of benzene rings is 1. The predicted molar refractivity (Wildman–Crippen MR) is 66.8 cm³/mol. The molecule has 2 aliphatic rings. The number of fused-ring (bicyclic) bond motifs is 1. The van der Waals surface area contributed by atoms with E-state index in [0.29, 0.717) is 0 Å². The topological polar surface area (TPSA) is 0 Å². The van der Waals surface area contributed by atoms with Crippen LogP contribution in [0.15, 0.2) is 40.8 Å². The highest BCUT2D eigenvalue weighted by Gasteiger charge is 2.16. The summed E-state index contributed by atoms with van der Waals surface area (Å²) in [6.45, 7) is 0. The molecule has 0 aromatic heterocycles. The summed E-state index contributed by atoms with van der Waals surface area (Å²) in [4.78, 5) is 1.50. The second-order valence-electron chi connectivity index (χ2n) is 4.27. The summed E-state index contributed by atoms with van der Waals surface area (Å²) >= 11 is 1.92. The van der Waals surface area contributed by atoms with Crippen LogP contribution in [0.5, 0.6) is 0 Å². The first kappa shape index (κ1) is 10.2. The van der Waals surface area contributed by atoms with Crippen LogP contribution in [-0.2, 0) is 12.2 Å². The van der Waals surface area contributed by atoms with Gasteiger partial charge in [0.2, 0.25) is 0 Å². The van der Waals surface area contributed by atoms with Gasteiger partial charge in [-0.1, -0.05) is 18.2 Å². The summed E-state index contributed by atoms with van der Waals surface area (Å²) in [5.41, 5.74) is 3.83. The Balaban J connectivity index is 2.02. The molecule has 16 heavy (non-hydrogen) atoms. The smallest absolute Gasteiger partial charge is 0.123 e. The molecule has 2 heteroatoms. The number of allylic oxidation sites excluding steroid dienone is 4. The molecule has 0 radical (unpaired) electrons. The largest absolute Gasteiger partial charge is 0.207 e. The van der Waals surface area contributed by atoms with Crippen LogP contribution in [0.25, 0.3) is 0 Å². The molecule has 0 bridgehead atoms. The first-order chi connectivity index (χ1) is 7.83. The summed E-state index contributed by atoms with van der Waals surface area (Å²) in [5.74, 6) is 0.870. The number of thioether (sulfide) groups is 1. The van der Waals surface area contributed by atoms with E-state index in [0.717, 1.165) is 30.6 Å². The molecule has 0 spiro atoms. The fourth-order valence-electron chi connectivity index (χ4n) is 2.29. The lowest BCUT2D eigenvalue weighted by molar-refractivity contribution is 0.625. The zero-order valence-corrected chi connectivity index (χ0v) is 9.82. The molecule has 0 saturated carbocycles. The highest BCUT2D eigenvalue weighted by molar-refractivity contribution is 8.02. The molecule has 1 heterocycles. The standard InChI is InChI=1S/C14H13FS/c15-13-6-5-11-9-16-14-4-2-1-3-10(14)7-12(11)8-13/h1,3,5-6,8H,2,4,7,9H2. The molecular weight excluding hydrogens is 219 g/mol. The second kappa shape index (κ2) is 4.10. The first-order valence-corrected chi connectivity index (χ1v) is 6.60. The van der Waals surface area contributed by atoms with Crippen molar-refractivity contribution in [1.82, 2.24) is 0 Å². The maximum atomic E-state index is 13.2. The van der Waals surface area contributed by atoms with Crippen LogP contribution < -0.4 is 0 Å². The molecule has 1 aromatic carbocycles. The lowest BCUT2D eigenvalue weighted by Crippen LogP contribution is -1.95. The summed E-state index contributed by atoms with van der Waals surface area (Å²) in [5, 5.41) is 0. The van der Waals surface area contributed by atoms with Crippen molar-refractivity contribution < 1.29 is 4.39 Å². The Bertz CT molecular complexity index is 486. The van der Waals surface area contributed by atoms with Gasteiger partial charge in [-0.3, -0.25) is 0 Å². The van der Waals surface area contributed by atoms with Crippen LogP contribution in [0.4, 0.5) is 4.39 Å². The number of halogens is 1. The van der Waals surface area contributed by atoms with Crippen LogP contribution in [-0.4, -0.2) is 0 Å². The van der Waals surface area contributed by atoms with Crippen LogP contribution in [0.3, 0.4) is 0 Å². The highest BCUT2D eigenvalue weighted by Crippen LogP contribution is 2.37. The van der Waals surface area contributed by atoms with Gasteiger partial charge in [0.25, 0.3) is 0 Å². The van der Waals surface area contributed by atoms with Gasteiger partial charge in [-0.15, -0.1) is 11.8 Å². The summed E-state index contributed by atoms with van der Waals surface area (Å²) in [6, 6.07) is 5.19. The van der Waals surface area contributed by atoms with E-state index < -0.39 is 0 Å². The molecule has 1 aliphatic heterocycles. The molecule has 0 unspecified atom stereocenters.